The van der Waals surface area contributed by atoms with Crippen molar-refractivity contribution >= 4 is 17.3 Å². The highest BCUT2D eigenvalue weighted by Crippen LogP contribution is 2.33. The van der Waals surface area contributed by atoms with Crippen LogP contribution in [0.1, 0.15) is 18.9 Å². The van der Waals surface area contributed by atoms with Crippen LogP contribution in [-0.4, -0.2) is 35.9 Å². The molecule has 0 spiro atoms. The third-order valence-corrected chi connectivity index (χ3v) is 4.09. The van der Waals surface area contributed by atoms with Crippen molar-refractivity contribution in [3.8, 4) is 0 Å². The normalized spacial score (nSPS) is 22.2. The molecular weight excluding hydrogens is 272 g/mol. The Morgan fingerprint density at radius 1 is 1.57 bits per heavy atom. The number of para-hydroxylation sites is 1. The van der Waals surface area contributed by atoms with E-state index in [9.17, 15) is 14.9 Å². The van der Waals surface area contributed by atoms with Crippen molar-refractivity contribution in [1.29, 1.82) is 0 Å². The van der Waals surface area contributed by atoms with Gasteiger partial charge < -0.3 is 11.1 Å². The van der Waals surface area contributed by atoms with E-state index in [2.05, 4.69) is 10.2 Å². The number of amides is 1. The molecule has 0 aliphatic carbocycles. The first-order valence-electron chi connectivity index (χ1n) is 6.83. The molecule has 1 amide bonds. The van der Waals surface area contributed by atoms with Crippen LogP contribution in [0, 0.1) is 15.5 Å². The molecule has 7 nitrogen and oxygen atoms in total. The number of nitro benzene ring substituents is 1. The van der Waals surface area contributed by atoms with Crippen molar-refractivity contribution in [1.82, 2.24) is 10.2 Å². The number of nitrogens with one attached hydrogen (secondary N) is 1. The van der Waals surface area contributed by atoms with Crippen LogP contribution in [-0.2, 0) is 11.3 Å². The number of nitrogen functional groups attached to an aromatic ring is 1. The Hall–Kier alpha value is -2.15. The van der Waals surface area contributed by atoms with Crippen molar-refractivity contribution in [3.05, 3.63) is 33.9 Å². The molecule has 114 valence electrons. The molecule has 1 aliphatic rings. The molecule has 0 saturated carbocycles. The lowest BCUT2D eigenvalue weighted by atomic mass is 9.89. The van der Waals surface area contributed by atoms with Gasteiger partial charge in [0.1, 0.15) is 5.69 Å². The lowest BCUT2D eigenvalue weighted by Crippen LogP contribution is -2.39. The third-order valence-electron chi connectivity index (χ3n) is 4.09. The minimum Gasteiger partial charge on any atom is -0.393 e. The summed E-state index contributed by atoms with van der Waals surface area (Å²) in [6, 6.07) is 4.83. The highest BCUT2D eigenvalue weighted by molar-refractivity contribution is 5.82. The topological polar surface area (TPSA) is 102 Å². The third kappa shape index (κ3) is 2.97. The molecule has 0 aromatic heterocycles. The van der Waals surface area contributed by atoms with Crippen LogP contribution in [0.5, 0.6) is 0 Å². The minimum atomic E-state index is -0.475. The largest absolute Gasteiger partial charge is 0.393 e. The number of hydrogen-bond acceptors (Lipinski definition) is 5. The predicted molar refractivity (Wildman–Crippen MR) is 79.6 cm³/mol. The SMILES string of the molecule is CNC(=O)C1(C)CCN(Cc2cccc([N+](=O)[O-])c2N)C1. The maximum atomic E-state index is 11.9. The van der Waals surface area contributed by atoms with E-state index in [1.165, 1.54) is 6.07 Å². The van der Waals surface area contributed by atoms with Crippen LogP contribution < -0.4 is 11.1 Å². The molecule has 1 atom stereocenters. The minimum absolute atomic E-state index is 0.0250. The monoisotopic (exact) mass is 292 g/mol. The number of nitro groups is 1. The number of benzene rings is 1. The molecule has 0 radical (unpaired) electrons. The fourth-order valence-corrected chi connectivity index (χ4v) is 2.82. The smallest absolute Gasteiger partial charge is 0.292 e. The second-order valence-corrected chi connectivity index (χ2v) is 5.71. The second-order valence-electron chi connectivity index (χ2n) is 5.71. The van der Waals surface area contributed by atoms with Crippen molar-refractivity contribution < 1.29 is 9.72 Å². The lowest BCUT2D eigenvalue weighted by molar-refractivity contribution is -0.384. The fraction of sp³-hybridized carbons (Fsp3) is 0.500. The molecule has 1 aromatic rings. The van der Waals surface area contributed by atoms with Gasteiger partial charge in [0.15, 0.2) is 0 Å². The number of carbonyl (C=O) groups is 1. The molecule has 1 aromatic carbocycles. The molecule has 1 unspecified atom stereocenters. The summed E-state index contributed by atoms with van der Waals surface area (Å²) in [5, 5.41) is 13.6. The van der Waals surface area contributed by atoms with Crippen LogP contribution in [0.4, 0.5) is 11.4 Å². The van der Waals surface area contributed by atoms with Crippen LogP contribution in [0.15, 0.2) is 18.2 Å². The van der Waals surface area contributed by atoms with Gasteiger partial charge in [-0.05, 0) is 25.5 Å². The quantitative estimate of drug-likeness (QED) is 0.492. The Morgan fingerprint density at radius 3 is 2.90 bits per heavy atom. The molecule has 3 N–H and O–H groups in total. The summed E-state index contributed by atoms with van der Waals surface area (Å²) in [7, 11) is 1.63. The molecule has 21 heavy (non-hydrogen) atoms. The van der Waals surface area contributed by atoms with Gasteiger partial charge in [0.05, 0.1) is 10.3 Å². The molecule has 1 heterocycles. The van der Waals surface area contributed by atoms with E-state index >= 15 is 0 Å². The van der Waals surface area contributed by atoms with Gasteiger partial charge >= 0.3 is 0 Å². The lowest BCUT2D eigenvalue weighted by Gasteiger charge is -2.23. The fourth-order valence-electron chi connectivity index (χ4n) is 2.82. The first-order chi connectivity index (χ1) is 9.87. The predicted octanol–water partition coefficient (Wildman–Crippen LogP) is 1.13. The number of hydrogen-bond donors (Lipinski definition) is 2. The van der Waals surface area contributed by atoms with E-state index in [-0.39, 0.29) is 17.3 Å². The number of carbonyl (C=O) groups excluding carboxylic acids is 1. The van der Waals surface area contributed by atoms with E-state index in [1.807, 2.05) is 6.92 Å². The standard InChI is InChI=1S/C14H20N4O3/c1-14(13(19)16-2)6-7-17(9-14)8-10-4-3-5-11(12(10)15)18(20)21/h3-5H,6-9,15H2,1-2H3,(H,16,19). The number of nitrogens with zero attached hydrogens (tertiary/aromatic N) is 2. The Kier molecular flexibility index (Phi) is 4.13. The number of likely N-dealkylation sites (tertiary alicyclic amines) is 1. The molecule has 1 saturated heterocycles. The van der Waals surface area contributed by atoms with E-state index in [1.54, 1.807) is 19.2 Å². The summed E-state index contributed by atoms with van der Waals surface area (Å²) in [5.74, 6) is 0.0250. The van der Waals surface area contributed by atoms with E-state index in [4.69, 9.17) is 5.73 Å². The summed E-state index contributed by atoms with van der Waals surface area (Å²) in [6.45, 7) is 3.84. The van der Waals surface area contributed by atoms with Gasteiger partial charge in [-0.2, -0.15) is 0 Å². The zero-order chi connectivity index (χ0) is 15.6. The molecular formula is C14H20N4O3. The average Bonchev–Trinajstić information content (AvgIpc) is 2.82. The van der Waals surface area contributed by atoms with Crippen molar-refractivity contribution in [3.63, 3.8) is 0 Å². The van der Waals surface area contributed by atoms with Gasteiger partial charge in [-0.25, -0.2) is 0 Å². The second kappa shape index (κ2) is 5.69. The van der Waals surface area contributed by atoms with Crippen molar-refractivity contribution in [2.75, 3.05) is 25.9 Å². The van der Waals surface area contributed by atoms with Gasteiger partial charge in [-0.1, -0.05) is 12.1 Å². The van der Waals surface area contributed by atoms with E-state index < -0.39 is 10.3 Å². The summed E-state index contributed by atoms with van der Waals surface area (Å²) in [5.41, 5.74) is 6.32. The van der Waals surface area contributed by atoms with Gasteiger partial charge in [-0.15, -0.1) is 0 Å². The Bertz CT molecular complexity index is 575. The summed E-state index contributed by atoms with van der Waals surface area (Å²) >= 11 is 0. The maximum Gasteiger partial charge on any atom is 0.292 e. The number of nitrogens with two attached hydrogens (primary N) is 1. The Labute approximate surface area is 123 Å². The van der Waals surface area contributed by atoms with Gasteiger partial charge in [0.2, 0.25) is 5.91 Å². The zero-order valence-corrected chi connectivity index (χ0v) is 12.3. The number of rotatable bonds is 4. The van der Waals surface area contributed by atoms with Crippen LogP contribution in [0.3, 0.4) is 0 Å². The molecule has 7 heteroatoms. The highest BCUT2D eigenvalue weighted by atomic mass is 16.6. The Morgan fingerprint density at radius 2 is 2.29 bits per heavy atom. The van der Waals surface area contributed by atoms with E-state index in [0.717, 1.165) is 18.5 Å². The van der Waals surface area contributed by atoms with E-state index in [0.29, 0.717) is 13.1 Å². The van der Waals surface area contributed by atoms with Crippen LogP contribution in [0.25, 0.3) is 0 Å². The van der Waals surface area contributed by atoms with Crippen molar-refractivity contribution in [2.24, 2.45) is 5.41 Å². The molecule has 1 aliphatic heterocycles. The van der Waals surface area contributed by atoms with Crippen molar-refractivity contribution in [2.45, 2.75) is 19.9 Å². The highest BCUT2D eigenvalue weighted by Gasteiger charge is 2.39. The van der Waals surface area contributed by atoms with Gasteiger partial charge in [-0.3, -0.25) is 19.8 Å². The zero-order valence-electron chi connectivity index (χ0n) is 12.3. The first-order valence-corrected chi connectivity index (χ1v) is 6.83. The first kappa shape index (κ1) is 15.2. The summed E-state index contributed by atoms with van der Waals surface area (Å²) in [4.78, 5) is 24.4. The van der Waals surface area contributed by atoms with Crippen LogP contribution in [0.2, 0.25) is 0 Å². The summed E-state index contributed by atoms with van der Waals surface area (Å²) < 4.78 is 0. The molecule has 2 rings (SSSR count). The Balaban J connectivity index is 2.12. The van der Waals surface area contributed by atoms with Crippen LogP contribution >= 0.6 is 0 Å². The number of anilines is 1. The molecule has 0 bridgehead atoms. The summed E-state index contributed by atoms with van der Waals surface area (Å²) in [6.07, 6.45) is 0.765. The maximum absolute atomic E-state index is 11.9. The van der Waals surface area contributed by atoms with Gasteiger partial charge in [0, 0.05) is 26.2 Å². The molecule has 1 fully saturated rings. The average molecular weight is 292 g/mol. The van der Waals surface area contributed by atoms with Gasteiger partial charge in [0.25, 0.3) is 5.69 Å².